The number of rotatable bonds is 11. The minimum atomic E-state index is -1.83. The molecule has 0 radical (unpaired) electrons. The third-order valence-corrected chi connectivity index (χ3v) is 5.06. The van der Waals surface area contributed by atoms with E-state index in [1.807, 2.05) is 6.07 Å². The lowest BCUT2D eigenvalue weighted by Crippen LogP contribution is -2.62. The summed E-state index contributed by atoms with van der Waals surface area (Å²) in [4.78, 5) is 38.0. The quantitative estimate of drug-likeness (QED) is 0.377. The Morgan fingerprint density at radius 3 is 2.52 bits per heavy atom. The van der Waals surface area contributed by atoms with Crippen molar-refractivity contribution in [3.05, 3.63) is 21.4 Å². The molecule has 1 unspecified atom stereocenters. The molecule has 1 rings (SSSR count). The Kier molecular flexibility index (Phi) is 9.40. The Labute approximate surface area is 163 Å². The van der Waals surface area contributed by atoms with E-state index in [0.29, 0.717) is 17.7 Å². The van der Waals surface area contributed by atoms with E-state index in [2.05, 4.69) is 5.32 Å². The second kappa shape index (κ2) is 11.0. The molecule has 0 aromatic carbocycles. The first kappa shape index (κ1) is 23.1. The van der Waals surface area contributed by atoms with Crippen molar-refractivity contribution in [2.24, 2.45) is 5.73 Å². The predicted molar refractivity (Wildman–Crippen MR) is 101 cm³/mol. The molecule has 1 aromatic heterocycles. The maximum atomic E-state index is 12.7. The summed E-state index contributed by atoms with van der Waals surface area (Å²) in [7, 11) is 0. The zero-order chi connectivity index (χ0) is 20.4. The third-order valence-electron chi connectivity index (χ3n) is 3.76. The number of amides is 1. The van der Waals surface area contributed by atoms with E-state index in [1.54, 1.807) is 20.8 Å². The van der Waals surface area contributed by atoms with Crippen LogP contribution in [0.3, 0.4) is 0 Å². The van der Waals surface area contributed by atoms with Crippen molar-refractivity contribution in [2.75, 3.05) is 19.8 Å². The van der Waals surface area contributed by atoms with Crippen LogP contribution in [0.1, 0.15) is 53.2 Å². The molecule has 9 heteroatoms. The summed E-state index contributed by atoms with van der Waals surface area (Å²) in [5, 5.41) is 11.5. The van der Waals surface area contributed by atoms with Gasteiger partial charge in [0.25, 0.3) is 5.91 Å². The monoisotopic (exact) mass is 400 g/mol. The molecule has 1 amide bonds. The Bertz CT molecular complexity index is 660. The first-order chi connectivity index (χ1) is 12.8. The number of hydrogen-bond acceptors (Lipinski definition) is 8. The number of esters is 2. The van der Waals surface area contributed by atoms with Gasteiger partial charge in [-0.15, -0.1) is 11.3 Å². The van der Waals surface area contributed by atoms with Gasteiger partial charge in [-0.3, -0.25) is 15.3 Å². The SMILES string of the molecule is CCOC(=O)CCC(N)(NC(=O)c1sc(CCCO)cc1C)C(=O)OCC. The fourth-order valence-electron chi connectivity index (χ4n) is 2.42. The van der Waals surface area contributed by atoms with E-state index in [-0.39, 0.29) is 32.7 Å². The van der Waals surface area contributed by atoms with Crippen LogP contribution < -0.4 is 11.1 Å². The summed E-state index contributed by atoms with van der Waals surface area (Å²) in [5.41, 5.74) is 5.02. The second-order valence-corrected chi connectivity index (χ2v) is 7.14. The predicted octanol–water partition coefficient (Wildman–Crippen LogP) is 1.27. The summed E-state index contributed by atoms with van der Waals surface area (Å²) >= 11 is 1.28. The van der Waals surface area contributed by atoms with E-state index in [1.165, 1.54) is 11.3 Å². The van der Waals surface area contributed by atoms with E-state index < -0.39 is 23.5 Å². The summed E-state index contributed by atoms with van der Waals surface area (Å²) in [6, 6.07) is 1.87. The van der Waals surface area contributed by atoms with Gasteiger partial charge in [-0.05, 0) is 45.2 Å². The molecule has 1 atom stereocenters. The van der Waals surface area contributed by atoms with Crippen molar-refractivity contribution in [1.82, 2.24) is 5.32 Å². The summed E-state index contributed by atoms with van der Waals surface area (Å²) in [6.07, 6.45) is 0.987. The number of aryl methyl sites for hydroxylation is 2. The molecule has 1 heterocycles. The lowest BCUT2D eigenvalue weighted by Gasteiger charge is -2.27. The number of carbonyl (C=O) groups is 3. The van der Waals surface area contributed by atoms with Crippen LogP contribution in [-0.4, -0.2) is 48.4 Å². The van der Waals surface area contributed by atoms with Crippen molar-refractivity contribution in [3.63, 3.8) is 0 Å². The molecule has 0 aliphatic carbocycles. The topological polar surface area (TPSA) is 128 Å². The van der Waals surface area contributed by atoms with Crippen LogP contribution in [0.15, 0.2) is 6.07 Å². The number of nitrogens with one attached hydrogen (secondary N) is 1. The normalized spacial score (nSPS) is 12.9. The highest BCUT2D eigenvalue weighted by Crippen LogP contribution is 2.24. The number of nitrogens with two attached hydrogens (primary N) is 1. The zero-order valence-corrected chi connectivity index (χ0v) is 16.8. The van der Waals surface area contributed by atoms with Crippen LogP contribution in [0.5, 0.6) is 0 Å². The first-order valence-electron chi connectivity index (χ1n) is 8.91. The van der Waals surface area contributed by atoms with Crippen LogP contribution in [0.2, 0.25) is 0 Å². The molecule has 27 heavy (non-hydrogen) atoms. The number of carbonyl (C=O) groups excluding carboxylic acids is 3. The Balaban J connectivity index is 2.93. The number of hydrogen-bond donors (Lipinski definition) is 3. The van der Waals surface area contributed by atoms with E-state index in [9.17, 15) is 14.4 Å². The highest BCUT2D eigenvalue weighted by atomic mass is 32.1. The lowest BCUT2D eigenvalue weighted by molar-refractivity contribution is -0.152. The smallest absolute Gasteiger partial charge is 0.346 e. The van der Waals surface area contributed by atoms with Gasteiger partial charge in [0.2, 0.25) is 0 Å². The largest absolute Gasteiger partial charge is 0.466 e. The second-order valence-electron chi connectivity index (χ2n) is 6.00. The molecular formula is C18H28N2O6S. The molecule has 0 saturated heterocycles. The molecule has 0 fully saturated rings. The average Bonchev–Trinajstić information content (AvgIpc) is 2.99. The molecule has 0 saturated carbocycles. The van der Waals surface area contributed by atoms with Gasteiger partial charge in [0, 0.05) is 24.3 Å². The van der Waals surface area contributed by atoms with Gasteiger partial charge in [-0.2, -0.15) is 0 Å². The Morgan fingerprint density at radius 1 is 1.26 bits per heavy atom. The van der Waals surface area contributed by atoms with Gasteiger partial charge < -0.3 is 19.9 Å². The highest BCUT2D eigenvalue weighted by molar-refractivity contribution is 7.14. The van der Waals surface area contributed by atoms with Crippen molar-refractivity contribution < 1.29 is 29.0 Å². The zero-order valence-electron chi connectivity index (χ0n) is 16.0. The van der Waals surface area contributed by atoms with Gasteiger partial charge in [0.1, 0.15) is 0 Å². The van der Waals surface area contributed by atoms with Gasteiger partial charge in [0.15, 0.2) is 5.66 Å². The van der Waals surface area contributed by atoms with Crippen LogP contribution in [-0.2, 0) is 25.5 Å². The van der Waals surface area contributed by atoms with E-state index in [4.69, 9.17) is 20.3 Å². The van der Waals surface area contributed by atoms with Crippen molar-refractivity contribution >= 4 is 29.2 Å². The molecule has 0 bridgehead atoms. The molecule has 0 aliphatic heterocycles. The average molecular weight is 400 g/mol. The summed E-state index contributed by atoms with van der Waals surface area (Å²) in [6.45, 7) is 5.47. The minimum Gasteiger partial charge on any atom is -0.466 e. The molecule has 1 aromatic rings. The van der Waals surface area contributed by atoms with Crippen LogP contribution in [0.25, 0.3) is 0 Å². The summed E-state index contributed by atoms with van der Waals surface area (Å²) in [5.74, 6) is -1.83. The Morgan fingerprint density at radius 2 is 1.93 bits per heavy atom. The Hall–Kier alpha value is -1.97. The molecule has 152 valence electrons. The number of aliphatic hydroxyl groups is 1. The van der Waals surface area contributed by atoms with E-state index in [0.717, 1.165) is 10.4 Å². The number of thiophene rings is 1. The molecule has 4 N–H and O–H groups in total. The fourth-order valence-corrected chi connectivity index (χ4v) is 3.53. The summed E-state index contributed by atoms with van der Waals surface area (Å²) < 4.78 is 9.82. The van der Waals surface area contributed by atoms with Crippen LogP contribution >= 0.6 is 11.3 Å². The lowest BCUT2D eigenvalue weighted by atomic mass is 10.0. The first-order valence-corrected chi connectivity index (χ1v) is 9.73. The van der Waals surface area contributed by atoms with Gasteiger partial charge in [-0.25, -0.2) is 4.79 Å². The molecular weight excluding hydrogens is 372 g/mol. The van der Waals surface area contributed by atoms with Crippen LogP contribution in [0, 0.1) is 6.92 Å². The van der Waals surface area contributed by atoms with Crippen molar-refractivity contribution in [3.8, 4) is 0 Å². The highest BCUT2D eigenvalue weighted by Gasteiger charge is 2.38. The molecule has 8 nitrogen and oxygen atoms in total. The standard InChI is InChI=1S/C18H28N2O6S/c1-4-25-14(22)8-9-18(19,17(24)26-5-2)20-16(23)15-12(3)11-13(27-15)7-6-10-21/h11,21H,4-10,19H2,1-3H3,(H,20,23). The van der Waals surface area contributed by atoms with Gasteiger partial charge in [-0.1, -0.05) is 0 Å². The molecule has 0 spiro atoms. The maximum Gasteiger partial charge on any atom is 0.346 e. The minimum absolute atomic E-state index is 0.0705. The van der Waals surface area contributed by atoms with E-state index >= 15 is 0 Å². The van der Waals surface area contributed by atoms with Gasteiger partial charge >= 0.3 is 11.9 Å². The fraction of sp³-hybridized carbons (Fsp3) is 0.611. The van der Waals surface area contributed by atoms with Crippen LogP contribution in [0.4, 0.5) is 0 Å². The number of aliphatic hydroxyl groups excluding tert-OH is 1. The van der Waals surface area contributed by atoms with Gasteiger partial charge in [0.05, 0.1) is 18.1 Å². The van der Waals surface area contributed by atoms with Crippen molar-refractivity contribution in [2.45, 2.75) is 52.1 Å². The number of ether oxygens (including phenoxy) is 2. The third kappa shape index (κ3) is 6.93. The van der Waals surface area contributed by atoms with Crippen molar-refractivity contribution in [1.29, 1.82) is 0 Å². The maximum absolute atomic E-state index is 12.7. The molecule has 0 aliphatic rings.